The molecule has 3 heterocycles. The highest BCUT2D eigenvalue weighted by Gasteiger charge is 2.33. The first-order valence-corrected chi connectivity index (χ1v) is 13.5. The number of nitrogens with zero attached hydrogens (tertiary/aromatic N) is 3. The van der Waals surface area contributed by atoms with Gasteiger partial charge in [-0.05, 0) is 69.5 Å². The molecule has 10 heteroatoms. The Kier molecular flexibility index (Phi) is 7.12. The maximum Gasteiger partial charge on any atom is 0.338 e. The Morgan fingerprint density at radius 1 is 1.12 bits per heavy atom. The predicted octanol–water partition coefficient (Wildman–Crippen LogP) is 4.89. The first-order valence-electron chi connectivity index (χ1n) is 12.7. The van der Waals surface area contributed by atoms with Crippen molar-refractivity contribution in [2.45, 2.75) is 40.7 Å². The molecule has 0 radical (unpaired) electrons. The molecule has 4 aromatic rings. The molecule has 1 aliphatic rings. The van der Waals surface area contributed by atoms with Gasteiger partial charge in [-0.15, -0.1) is 0 Å². The Morgan fingerprint density at radius 3 is 2.50 bits per heavy atom. The number of fused-ring (bicyclic) bond motifs is 1. The van der Waals surface area contributed by atoms with Crippen LogP contribution < -0.4 is 14.9 Å². The van der Waals surface area contributed by atoms with Crippen LogP contribution in [-0.2, 0) is 9.53 Å². The number of benzene rings is 2. The molecule has 0 amide bonds. The van der Waals surface area contributed by atoms with Gasteiger partial charge >= 0.3 is 5.97 Å². The summed E-state index contributed by atoms with van der Waals surface area (Å²) >= 11 is 1.18. The lowest BCUT2D eigenvalue weighted by Gasteiger charge is -2.24. The number of rotatable bonds is 6. The lowest BCUT2D eigenvalue weighted by molar-refractivity contribution is -0.384. The highest BCUT2D eigenvalue weighted by molar-refractivity contribution is 7.07. The second-order valence-corrected chi connectivity index (χ2v) is 10.6. The lowest BCUT2D eigenvalue weighted by atomic mass is 9.95. The van der Waals surface area contributed by atoms with E-state index in [-0.39, 0.29) is 17.9 Å². The van der Waals surface area contributed by atoms with Crippen molar-refractivity contribution < 1.29 is 18.9 Å². The number of nitro benzene ring substituents is 1. The predicted molar refractivity (Wildman–Crippen MR) is 152 cm³/mol. The third-order valence-corrected chi connectivity index (χ3v) is 7.87. The number of hydrogen-bond acceptors (Lipinski definition) is 8. The van der Waals surface area contributed by atoms with Gasteiger partial charge in [-0.2, -0.15) is 0 Å². The van der Waals surface area contributed by atoms with E-state index in [1.165, 1.54) is 22.0 Å². The van der Waals surface area contributed by atoms with Crippen LogP contribution in [0.2, 0.25) is 0 Å². The van der Waals surface area contributed by atoms with Gasteiger partial charge in [0.25, 0.3) is 11.2 Å². The summed E-state index contributed by atoms with van der Waals surface area (Å²) in [4.78, 5) is 43.1. The molecule has 0 aliphatic carbocycles. The van der Waals surface area contributed by atoms with E-state index in [0.717, 1.165) is 22.3 Å². The van der Waals surface area contributed by atoms with Crippen molar-refractivity contribution in [2.24, 2.45) is 4.99 Å². The Balaban J connectivity index is 1.64. The number of allylic oxidation sites excluding steroid dienone is 1. The second-order valence-electron chi connectivity index (χ2n) is 9.63. The molecule has 0 saturated heterocycles. The van der Waals surface area contributed by atoms with E-state index < -0.39 is 16.9 Å². The van der Waals surface area contributed by atoms with Gasteiger partial charge in [0, 0.05) is 12.1 Å². The fraction of sp³-hybridized carbons (Fsp3) is 0.233. The summed E-state index contributed by atoms with van der Waals surface area (Å²) in [7, 11) is 0. The molecule has 5 rings (SSSR count). The summed E-state index contributed by atoms with van der Waals surface area (Å²) in [5.41, 5.74) is 4.29. The molecule has 0 fully saturated rings. The molecule has 0 unspecified atom stereocenters. The minimum atomic E-state index is -0.705. The molecule has 1 atom stereocenters. The molecule has 0 bridgehead atoms. The van der Waals surface area contributed by atoms with Gasteiger partial charge in [0.1, 0.15) is 11.5 Å². The number of thiazole rings is 1. The monoisotopic (exact) mass is 557 g/mol. The van der Waals surface area contributed by atoms with Crippen LogP contribution in [0.4, 0.5) is 5.69 Å². The van der Waals surface area contributed by atoms with Crippen molar-refractivity contribution in [1.29, 1.82) is 0 Å². The Bertz CT molecular complexity index is 1880. The maximum atomic E-state index is 13.8. The molecular weight excluding hydrogens is 530 g/mol. The fourth-order valence-electron chi connectivity index (χ4n) is 4.71. The van der Waals surface area contributed by atoms with E-state index in [0.29, 0.717) is 37.7 Å². The van der Waals surface area contributed by atoms with Crippen molar-refractivity contribution in [1.82, 2.24) is 4.57 Å². The number of aryl methyl sites for hydroxylation is 3. The van der Waals surface area contributed by atoms with E-state index in [1.54, 1.807) is 38.1 Å². The number of hydrogen-bond donors (Lipinski definition) is 0. The van der Waals surface area contributed by atoms with Gasteiger partial charge in [-0.3, -0.25) is 19.5 Å². The largest absolute Gasteiger partial charge is 0.463 e. The minimum Gasteiger partial charge on any atom is -0.463 e. The summed E-state index contributed by atoms with van der Waals surface area (Å²) < 4.78 is 13.2. The zero-order valence-corrected chi connectivity index (χ0v) is 23.5. The number of nitro groups is 1. The lowest BCUT2D eigenvalue weighted by Crippen LogP contribution is -2.39. The Labute approximate surface area is 233 Å². The summed E-state index contributed by atoms with van der Waals surface area (Å²) in [5, 5.41) is 11.7. The van der Waals surface area contributed by atoms with Crippen LogP contribution in [0.3, 0.4) is 0 Å². The number of carbonyl (C=O) groups is 1. The molecule has 204 valence electrons. The molecule has 0 saturated carbocycles. The number of aromatic nitrogens is 1. The third-order valence-electron chi connectivity index (χ3n) is 6.88. The highest BCUT2D eigenvalue weighted by atomic mass is 32.1. The number of ether oxygens (including phenoxy) is 1. The smallest absolute Gasteiger partial charge is 0.338 e. The molecule has 0 spiro atoms. The van der Waals surface area contributed by atoms with Crippen LogP contribution in [0.1, 0.15) is 47.9 Å². The van der Waals surface area contributed by atoms with Crippen molar-refractivity contribution in [2.75, 3.05) is 6.61 Å². The zero-order chi connectivity index (χ0) is 28.7. The van der Waals surface area contributed by atoms with Crippen LogP contribution in [0.5, 0.6) is 0 Å². The van der Waals surface area contributed by atoms with Crippen LogP contribution in [0.15, 0.2) is 74.0 Å². The summed E-state index contributed by atoms with van der Waals surface area (Å²) in [6, 6.07) is 13.5. The molecule has 2 aromatic carbocycles. The molecule has 1 aliphatic heterocycles. The normalized spacial score (nSPS) is 15.1. The van der Waals surface area contributed by atoms with Gasteiger partial charge in [0.15, 0.2) is 4.80 Å². The number of esters is 1. The number of furan rings is 1. The Hall–Kier alpha value is -4.57. The SMILES string of the molecule is CCOC(=O)C1=C(C)N=c2s/c(=C/c3ccc(-c4cc(C)c(C)cc4[N+](=O)[O-])o3)c(=O)n2[C@H]1c1ccc(C)cc1. The maximum absolute atomic E-state index is 13.8. The van der Waals surface area contributed by atoms with Crippen LogP contribution >= 0.6 is 11.3 Å². The summed E-state index contributed by atoms with van der Waals surface area (Å²) in [6.45, 7) is 9.32. The van der Waals surface area contributed by atoms with Gasteiger partial charge in [-0.1, -0.05) is 41.2 Å². The number of carbonyl (C=O) groups excluding carboxylic acids is 1. The highest BCUT2D eigenvalue weighted by Crippen LogP contribution is 2.34. The van der Waals surface area contributed by atoms with E-state index in [1.807, 2.05) is 45.0 Å². The molecule has 2 aromatic heterocycles. The quantitative estimate of drug-likeness (QED) is 0.189. The first-order chi connectivity index (χ1) is 19.1. The van der Waals surface area contributed by atoms with E-state index in [4.69, 9.17) is 9.15 Å². The zero-order valence-electron chi connectivity index (χ0n) is 22.7. The minimum absolute atomic E-state index is 0.0524. The molecule has 9 nitrogen and oxygen atoms in total. The van der Waals surface area contributed by atoms with Crippen molar-refractivity contribution >= 4 is 29.1 Å². The summed E-state index contributed by atoms with van der Waals surface area (Å²) in [5.74, 6) is 0.169. The van der Waals surface area contributed by atoms with Gasteiger partial charge in [-0.25, -0.2) is 9.79 Å². The van der Waals surface area contributed by atoms with Crippen molar-refractivity contribution in [3.8, 4) is 11.3 Å². The summed E-state index contributed by atoms with van der Waals surface area (Å²) in [6.07, 6.45) is 1.59. The topological polar surface area (TPSA) is 117 Å². The van der Waals surface area contributed by atoms with E-state index in [2.05, 4.69) is 4.99 Å². The van der Waals surface area contributed by atoms with Gasteiger partial charge in [0.2, 0.25) is 0 Å². The molecule has 0 N–H and O–H groups in total. The van der Waals surface area contributed by atoms with Crippen molar-refractivity contribution in [3.63, 3.8) is 0 Å². The second kappa shape index (κ2) is 10.5. The van der Waals surface area contributed by atoms with Crippen LogP contribution in [0.25, 0.3) is 17.4 Å². The van der Waals surface area contributed by atoms with Crippen molar-refractivity contribution in [3.05, 3.63) is 118 Å². The van der Waals surface area contributed by atoms with E-state index >= 15 is 0 Å². The van der Waals surface area contributed by atoms with Crippen LogP contribution in [-0.4, -0.2) is 22.1 Å². The molecular formula is C30H27N3O6S. The van der Waals surface area contributed by atoms with Gasteiger partial charge in [0.05, 0.1) is 38.9 Å². The standard InChI is InChI=1S/C30H27N3O6S/c1-6-38-29(35)26-19(5)31-30-32(27(26)20-9-7-16(2)8-10-20)28(34)25(40-30)15-21-11-12-24(39-21)22-13-17(3)18(4)14-23(22)33(36)37/h7-15,27H,6H2,1-5H3/b25-15+/t27-/m0/s1. The average molecular weight is 558 g/mol. The van der Waals surface area contributed by atoms with Crippen LogP contribution in [0, 0.1) is 30.9 Å². The van der Waals surface area contributed by atoms with E-state index in [9.17, 15) is 19.7 Å². The fourth-order valence-corrected chi connectivity index (χ4v) is 5.74. The molecule has 40 heavy (non-hydrogen) atoms. The first kappa shape index (κ1) is 27.0. The third kappa shape index (κ3) is 4.82. The Morgan fingerprint density at radius 2 is 1.82 bits per heavy atom. The van der Waals surface area contributed by atoms with Gasteiger partial charge < -0.3 is 9.15 Å². The average Bonchev–Trinajstić information content (AvgIpc) is 3.49.